The van der Waals surface area contributed by atoms with Crippen LogP contribution in [0.4, 0.5) is 13.2 Å². The van der Waals surface area contributed by atoms with Crippen molar-refractivity contribution in [3.05, 3.63) is 50.2 Å². The van der Waals surface area contributed by atoms with Gasteiger partial charge in [-0.1, -0.05) is 25.2 Å². The van der Waals surface area contributed by atoms with E-state index in [0.29, 0.717) is 16.6 Å². The minimum atomic E-state index is -4.81. The van der Waals surface area contributed by atoms with Crippen LogP contribution in [-0.2, 0) is 20.3 Å². The first-order valence-corrected chi connectivity index (χ1v) is 8.76. The lowest BCUT2D eigenvalue weighted by molar-refractivity contribution is -0.135. The highest BCUT2D eigenvalue weighted by Crippen LogP contribution is 2.38. The van der Waals surface area contributed by atoms with E-state index in [0.717, 1.165) is 24.5 Å². The summed E-state index contributed by atoms with van der Waals surface area (Å²) in [5.74, 6) is 5.80. The number of fused-ring (bicyclic) bond motifs is 2. The number of aromatic nitrogens is 3. The van der Waals surface area contributed by atoms with E-state index in [2.05, 4.69) is 16.8 Å². The zero-order valence-corrected chi connectivity index (χ0v) is 15.6. The van der Waals surface area contributed by atoms with Crippen molar-refractivity contribution >= 4 is 21.9 Å². The standard InChI is InChI=1S/C20H18F3N3O2/c1-4-5-6-7-8-12-9-10-14-13(11-12)16(20(21,22)23)15-17(24-14)25(2)19(28)26(3)18(15)27/h9-11H,4-6H2,1-3H3. The quantitative estimate of drug-likeness (QED) is 0.384. The number of benzene rings is 1. The lowest BCUT2D eigenvalue weighted by Gasteiger charge is -2.15. The molecule has 2 aromatic heterocycles. The third-order valence-electron chi connectivity index (χ3n) is 4.55. The third-order valence-corrected chi connectivity index (χ3v) is 4.55. The monoisotopic (exact) mass is 389 g/mol. The molecule has 0 aliphatic rings. The highest BCUT2D eigenvalue weighted by atomic mass is 19.4. The molecule has 0 spiro atoms. The van der Waals surface area contributed by atoms with E-state index in [1.165, 1.54) is 19.2 Å². The van der Waals surface area contributed by atoms with Crippen molar-refractivity contribution in [3.63, 3.8) is 0 Å². The Kier molecular flexibility index (Phi) is 5.02. The Labute approximate surface area is 158 Å². The number of alkyl halides is 3. The van der Waals surface area contributed by atoms with Crippen LogP contribution in [0.3, 0.4) is 0 Å². The summed E-state index contributed by atoms with van der Waals surface area (Å²) in [6, 6.07) is 4.31. The fourth-order valence-corrected chi connectivity index (χ4v) is 3.07. The largest absolute Gasteiger partial charge is 0.417 e. The highest BCUT2D eigenvalue weighted by molar-refractivity contribution is 5.97. The molecule has 0 fully saturated rings. The van der Waals surface area contributed by atoms with E-state index >= 15 is 0 Å². The predicted octanol–water partition coefficient (Wildman–Crippen LogP) is 3.35. The lowest BCUT2D eigenvalue weighted by Crippen LogP contribution is -2.38. The van der Waals surface area contributed by atoms with E-state index in [4.69, 9.17) is 0 Å². The minimum Gasteiger partial charge on any atom is -0.280 e. The predicted molar refractivity (Wildman–Crippen MR) is 101 cm³/mol. The maximum atomic E-state index is 14.0. The zero-order valence-electron chi connectivity index (χ0n) is 15.6. The average Bonchev–Trinajstić information content (AvgIpc) is 2.65. The molecule has 0 amide bonds. The number of pyridine rings is 1. The summed E-state index contributed by atoms with van der Waals surface area (Å²) < 4.78 is 43.5. The first-order chi connectivity index (χ1) is 13.2. The van der Waals surface area contributed by atoms with Gasteiger partial charge in [-0.25, -0.2) is 9.78 Å². The number of hydrogen-bond donors (Lipinski definition) is 0. The van der Waals surface area contributed by atoms with Crippen LogP contribution in [0.1, 0.15) is 37.3 Å². The van der Waals surface area contributed by atoms with E-state index < -0.39 is 28.4 Å². The summed E-state index contributed by atoms with van der Waals surface area (Å²) in [6.45, 7) is 2.03. The topological polar surface area (TPSA) is 56.9 Å². The maximum Gasteiger partial charge on any atom is 0.417 e. The van der Waals surface area contributed by atoms with Crippen LogP contribution in [0.15, 0.2) is 27.8 Å². The van der Waals surface area contributed by atoms with Gasteiger partial charge in [-0.05, 0) is 24.6 Å². The number of unbranched alkanes of at least 4 members (excludes halogenated alkanes) is 2. The van der Waals surface area contributed by atoms with Crippen molar-refractivity contribution in [2.75, 3.05) is 0 Å². The Hall–Kier alpha value is -3.08. The first kappa shape index (κ1) is 19.7. The van der Waals surface area contributed by atoms with E-state index in [1.54, 1.807) is 6.07 Å². The van der Waals surface area contributed by atoms with Crippen LogP contribution in [-0.4, -0.2) is 14.1 Å². The van der Waals surface area contributed by atoms with Gasteiger partial charge in [-0.15, -0.1) is 0 Å². The van der Waals surface area contributed by atoms with Crippen LogP contribution in [0.2, 0.25) is 0 Å². The zero-order chi connectivity index (χ0) is 20.6. The summed E-state index contributed by atoms with van der Waals surface area (Å²) in [5.41, 5.74) is -2.70. The molecule has 5 nitrogen and oxygen atoms in total. The summed E-state index contributed by atoms with van der Waals surface area (Å²) in [4.78, 5) is 28.8. The van der Waals surface area contributed by atoms with Crippen molar-refractivity contribution < 1.29 is 13.2 Å². The molecule has 0 atom stereocenters. The molecule has 1 aromatic carbocycles. The smallest absolute Gasteiger partial charge is 0.280 e. The molecule has 28 heavy (non-hydrogen) atoms. The molecule has 0 unspecified atom stereocenters. The van der Waals surface area contributed by atoms with Gasteiger partial charge in [-0.3, -0.25) is 13.9 Å². The number of aryl methyl sites for hydroxylation is 1. The fraction of sp³-hybridized carbons (Fsp3) is 0.350. The molecule has 0 radical (unpaired) electrons. The first-order valence-electron chi connectivity index (χ1n) is 8.76. The molecule has 2 heterocycles. The molecular weight excluding hydrogens is 371 g/mol. The summed E-state index contributed by atoms with van der Waals surface area (Å²) >= 11 is 0. The molecule has 0 aliphatic heterocycles. The van der Waals surface area contributed by atoms with E-state index in [-0.39, 0.29) is 16.6 Å². The second-order valence-corrected chi connectivity index (χ2v) is 6.53. The Bertz CT molecular complexity index is 1260. The molecule has 3 aromatic rings. The van der Waals surface area contributed by atoms with Gasteiger partial charge in [0.25, 0.3) is 5.56 Å². The van der Waals surface area contributed by atoms with Gasteiger partial charge in [0.1, 0.15) is 0 Å². The third kappa shape index (κ3) is 3.28. The molecule has 3 rings (SSSR count). The Morgan fingerprint density at radius 1 is 1.14 bits per heavy atom. The summed E-state index contributed by atoms with van der Waals surface area (Å²) in [7, 11) is 2.43. The normalized spacial score (nSPS) is 11.6. The second-order valence-electron chi connectivity index (χ2n) is 6.53. The highest BCUT2D eigenvalue weighted by Gasteiger charge is 2.37. The van der Waals surface area contributed by atoms with Crippen LogP contribution in [0, 0.1) is 11.8 Å². The van der Waals surface area contributed by atoms with E-state index in [9.17, 15) is 22.8 Å². The molecular formula is C20H18F3N3O2. The van der Waals surface area contributed by atoms with Crippen LogP contribution in [0.5, 0.6) is 0 Å². The molecule has 146 valence electrons. The van der Waals surface area contributed by atoms with Crippen LogP contribution < -0.4 is 11.2 Å². The van der Waals surface area contributed by atoms with Crippen molar-refractivity contribution in [1.82, 2.24) is 14.1 Å². The number of halogens is 3. The van der Waals surface area contributed by atoms with Crippen molar-refractivity contribution in [3.8, 4) is 11.8 Å². The van der Waals surface area contributed by atoms with Crippen molar-refractivity contribution in [1.29, 1.82) is 0 Å². The van der Waals surface area contributed by atoms with Crippen molar-refractivity contribution in [2.24, 2.45) is 14.1 Å². The maximum absolute atomic E-state index is 14.0. The molecule has 0 bridgehead atoms. The number of rotatable bonds is 2. The van der Waals surface area contributed by atoms with Crippen molar-refractivity contribution in [2.45, 2.75) is 32.4 Å². The molecule has 0 aliphatic carbocycles. The van der Waals surface area contributed by atoms with Gasteiger partial charge in [0, 0.05) is 31.5 Å². The van der Waals surface area contributed by atoms with Crippen LogP contribution >= 0.6 is 0 Å². The number of nitrogens with zero attached hydrogens (tertiary/aromatic N) is 3. The van der Waals surface area contributed by atoms with Gasteiger partial charge >= 0.3 is 11.9 Å². The summed E-state index contributed by atoms with van der Waals surface area (Å²) in [5, 5.41) is -0.835. The Morgan fingerprint density at radius 2 is 1.86 bits per heavy atom. The molecule has 0 N–H and O–H groups in total. The molecule has 0 saturated carbocycles. The Balaban J connectivity index is 2.45. The van der Waals surface area contributed by atoms with Crippen LogP contribution in [0.25, 0.3) is 21.9 Å². The van der Waals surface area contributed by atoms with Gasteiger partial charge in [0.05, 0.1) is 16.5 Å². The molecule has 8 heteroatoms. The molecule has 0 saturated heterocycles. The van der Waals surface area contributed by atoms with Gasteiger partial charge in [0.2, 0.25) is 0 Å². The fourth-order valence-electron chi connectivity index (χ4n) is 3.07. The SMILES string of the molecule is CCCCC#Cc1ccc2nc3c(c(C(F)(F)F)c2c1)c(=O)n(C)c(=O)n3C. The minimum absolute atomic E-state index is 0.0437. The Morgan fingerprint density at radius 3 is 2.50 bits per heavy atom. The van der Waals surface area contributed by atoms with Gasteiger partial charge in [0.15, 0.2) is 5.65 Å². The summed E-state index contributed by atoms with van der Waals surface area (Å²) in [6.07, 6.45) is -2.27. The average molecular weight is 389 g/mol. The van der Waals surface area contributed by atoms with Gasteiger partial charge < -0.3 is 0 Å². The van der Waals surface area contributed by atoms with E-state index in [1.807, 2.05) is 6.92 Å². The lowest BCUT2D eigenvalue weighted by atomic mass is 10.0. The second kappa shape index (κ2) is 7.15. The van der Waals surface area contributed by atoms with Gasteiger partial charge in [-0.2, -0.15) is 13.2 Å². The number of hydrogen-bond acceptors (Lipinski definition) is 3.